The van der Waals surface area contributed by atoms with Crippen molar-refractivity contribution in [1.82, 2.24) is 4.90 Å². The summed E-state index contributed by atoms with van der Waals surface area (Å²) >= 11 is 0. The average molecular weight is 405 g/mol. The highest BCUT2D eigenvalue weighted by Crippen LogP contribution is 2.51. The second kappa shape index (κ2) is 10.8. The zero-order valence-electron chi connectivity index (χ0n) is 16.6. The normalized spacial score (nSPS) is 20.9. The van der Waals surface area contributed by atoms with Gasteiger partial charge >= 0.3 is 19.7 Å². The maximum atomic E-state index is 12.5. The summed E-state index contributed by atoms with van der Waals surface area (Å²) in [6.07, 6.45) is 3.23. The molecule has 156 valence electrons. The zero-order valence-corrected chi connectivity index (χ0v) is 17.5. The van der Waals surface area contributed by atoms with Gasteiger partial charge in [-0.2, -0.15) is 0 Å². The second-order valence-corrected chi connectivity index (χ2v) is 8.34. The largest absolute Gasteiger partial charge is 0.464 e. The number of allylic oxidation sites excluding steroid dienone is 2. The molecule has 1 rings (SSSR count). The topological polar surface area (TPSA) is 113 Å². The van der Waals surface area contributed by atoms with E-state index in [1.165, 1.54) is 4.90 Å². The maximum absolute atomic E-state index is 12.5. The molecule has 1 amide bonds. The van der Waals surface area contributed by atoms with Gasteiger partial charge in [-0.25, -0.2) is 9.59 Å². The van der Waals surface area contributed by atoms with Crippen LogP contribution in [0, 0.1) is 5.92 Å². The van der Waals surface area contributed by atoms with Gasteiger partial charge in [-0.05, 0) is 39.5 Å². The molecule has 1 aliphatic heterocycles. The highest BCUT2D eigenvalue weighted by molar-refractivity contribution is 7.52. The van der Waals surface area contributed by atoms with Gasteiger partial charge in [0.15, 0.2) is 0 Å². The van der Waals surface area contributed by atoms with Crippen molar-refractivity contribution in [2.45, 2.75) is 65.1 Å². The molecule has 1 fully saturated rings. The van der Waals surface area contributed by atoms with Crippen molar-refractivity contribution >= 4 is 19.7 Å². The van der Waals surface area contributed by atoms with Crippen LogP contribution in [0.4, 0.5) is 4.79 Å². The summed E-state index contributed by atoms with van der Waals surface area (Å²) < 4.78 is 22.3. The van der Waals surface area contributed by atoms with E-state index in [-0.39, 0.29) is 26.2 Å². The van der Waals surface area contributed by atoms with Gasteiger partial charge in [-0.1, -0.05) is 25.5 Å². The average Bonchev–Trinajstić information content (AvgIpc) is 3.02. The molecule has 3 unspecified atom stereocenters. The molecule has 0 aromatic carbocycles. The number of likely N-dealkylation sites (tertiary alicyclic amines) is 1. The molecule has 1 saturated heterocycles. The van der Waals surface area contributed by atoms with E-state index in [2.05, 4.69) is 0 Å². The molecule has 2 N–H and O–H groups in total. The number of ether oxygens (including phenoxy) is 2. The van der Waals surface area contributed by atoms with Gasteiger partial charge in [0.1, 0.15) is 6.04 Å². The fourth-order valence-electron chi connectivity index (χ4n) is 3.55. The Hall–Kier alpha value is -1.37. The Kier molecular flexibility index (Phi) is 9.50. The minimum atomic E-state index is -4.50. The Morgan fingerprint density at radius 3 is 2.22 bits per heavy atom. The lowest BCUT2D eigenvalue weighted by Gasteiger charge is -2.30. The Morgan fingerprint density at radius 1 is 1.15 bits per heavy atom. The Labute approximate surface area is 161 Å². The first-order valence-corrected chi connectivity index (χ1v) is 11.2. The summed E-state index contributed by atoms with van der Waals surface area (Å²) in [5, 5.41) is 0. The molecule has 1 heterocycles. The third-order valence-electron chi connectivity index (χ3n) is 4.96. The van der Waals surface area contributed by atoms with Crippen LogP contribution in [0.1, 0.15) is 53.4 Å². The monoisotopic (exact) mass is 405 g/mol. The van der Waals surface area contributed by atoms with E-state index in [4.69, 9.17) is 9.47 Å². The van der Waals surface area contributed by atoms with E-state index in [0.717, 1.165) is 18.4 Å². The number of rotatable bonds is 9. The fourth-order valence-corrected chi connectivity index (χ4v) is 4.74. The zero-order chi connectivity index (χ0) is 20.6. The molecule has 9 heteroatoms. The van der Waals surface area contributed by atoms with Crippen molar-refractivity contribution in [2.24, 2.45) is 5.92 Å². The first-order chi connectivity index (χ1) is 12.7. The Balaban J connectivity index is 3.20. The first kappa shape index (κ1) is 23.7. The van der Waals surface area contributed by atoms with Crippen LogP contribution in [-0.4, -0.2) is 58.2 Å². The molecule has 0 radical (unpaired) electrons. The summed E-state index contributed by atoms with van der Waals surface area (Å²) in [7, 11) is -4.50. The van der Waals surface area contributed by atoms with E-state index in [1.54, 1.807) is 13.8 Å². The van der Waals surface area contributed by atoms with E-state index in [9.17, 15) is 23.9 Å². The predicted octanol–water partition coefficient (Wildman–Crippen LogP) is 3.08. The number of hydrogen-bond donors (Lipinski definition) is 2. The Morgan fingerprint density at radius 2 is 1.74 bits per heavy atom. The number of carbonyl (C=O) groups is 2. The van der Waals surface area contributed by atoms with Crippen molar-refractivity contribution in [3.05, 3.63) is 11.6 Å². The molecule has 0 aromatic heterocycles. The first-order valence-electron chi connectivity index (χ1n) is 9.54. The number of esters is 1. The Bertz CT molecular complexity index is 580. The van der Waals surface area contributed by atoms with Gasteiger partial charge in [-0.3, -0.25) is 9.46 Å². The highest BCUT2D eigenvalue weighted by atomic mass is 31.2. The minimum Gasteiger partial charge on any atom is -0.464 e. The van der Waals surface area contributed by atoms with Crippen LogP contribution in [0.3, 0.4) is 0 Å². The molecule has 0 bridgehead atoms. The van der Waals surface area contributed by atoms with Crippen molar-refractivity contribution in [2.75, 3.05) is 19.8 Å². The highest BCUT2D eigenvalue weighted by Gasteiger charge is 2.50. The SMILES string of the molecule is CCOC(=O)C1C(C(CC=C(CC)CC)P(=O)(O)O)CCN1C(=O)OCC. The summed E-state index contributed by atoms with van der Waals surface area (Å²) in [6, 6.07) is -1.05. The number of nitrogens with zero attached hydrogens (tertiary/aromatic N) is 1. The standard InChI is InChI=1S/C18H32NO7P/c1-5-13(6-2)9-10-15(27(22,23)24)14-11-12-19(18(21)26-8-4)16(14)17(20)25-7-3/h9,14-16H,5-8,10-12H2,1-4H3,(H2,22,23,24). The molecular weight excluding hydrogens is 373 g/mol. The molecule has 8 nitrogen and oxygen atoms in total. The van der Waals surface area contributed by atoms with Crippen LogP contribution in [0.25, 0.3) is 0 Å². The van der Waals surface area contributed by atoms with Gasteiger partial charge in [0, 0.05) is 12.5 Å². The molecule has 0 aromatic rings. The fraction of sp³-hybridized carbons (Fsp3) is 0.778. The maximum Gasteiger partial charge on any atom is 0.410 e. The lowest BCUT2D eigenvalue weighted by molar-refractivity contribution is -0.149. The third kappa shape index (κ3) is 6.33. The number of amides is 1. The molecule has 1 aliphatic rings. The van der Waals surface area contributed by atoms with E-state index >= 15 is 0 Å². The smallest absolute Gasteiger partial charge is 0.410 e. The second-order valence-electron chi connectivity index (χ2n) is 6.50. The number of carbonyl (C=O) groups excluding carboxylic acids is 2. The summed E-state index contributed by atoms with van der Waals surface area (Å²) in [6.45, 7) is 7.75. The minimum absolute atomic E-state index is 0.120. The lowest BCUT2D eigenvalue weighted by Crippen LogP contribution is -2.47. The van der Waals surface area contributed by atoms with Crippen molar-refractivity contribution in [3.63, 3.8) is 0 Å². The van der Waals surface area contributed by atoms with E-state index < -0.39 is 37.3 Å². The lowest BCUT2D eigenvalue weighted by atomic mass is 9.93. The van der Waals surface area contributed by atoms with Gasteiger partial charge < -0.3 is 19.3 Å². The molecule has 3 atom stereocenters. The van der Waals surface area contributed by atoms with Crippen molar-refractivity contribution < 1.29 is 33.4 Å². The van der Waals surface area contributed by atoms with Crippen molar-refractivity contribution in [1.29, 1.82) is 0 Å². The molecular formula is C18H32NO7P. The van der Waals surface area contributed by atoms with Gasteiger partial charge in [-0.15, -0.1) is 0 Å². The van der Waals surface area contributed by atoms with Crippen LogP contribution in [0.15, 0.2) is 11.6 Å². The summed E-state index contributed by atoms with van der Waals surface area (Å²) in [5.41, 5.74) is 0.0424. The summed E-state index contributed by atoms with van der Waals surface area (Å²) in [5.74, 6) is -1.35. The van der Waals surface area contributed by atoms with Crippen LogP contribution >= 0.6 is 7.60 Å². The molecule has 0 spiro atoms. The summed E-state index contributed by atoms with van der Waals surface area (Å²) in [4.78, 5) is 45.9. The molecule has 27 heavy (non-hydrogen) atoms. The third-order valence-corrected chi connectivity index (χ3v) is 6.42. The van der Waals surface area contributed by atoms with E-state index in [0.29, 0.717) is 6.42 Å². The quantitative estimate of drug-likeness (QED) is 0.344. The van der Waals surface area contributed by atoms with Gasteiger partial charge in [0.05, 0.1) is 18.9 Å². The predicted molar refractivity (Wildman–Crippen MR) is 101 cm³/mol. The molecule has 0 saturated carbocycles. The van der Waals surface area contributed by atoms with Crippen LogP contribution in [0.2, 0.25) is 0 Å². The van der Waals surface area contributed by atoms with Gasteiger partial charge in [0.2, 0.25) is 0 Å². The van der Waals surface area contributed by atoms with E-state index in [1.807, 2.05) is 19.9 Å². The van der Waals surface area contributed by atoms with Crippen LogP contribution in [0.5, 0.6) is 0 Å². The van der Waals surface area contributed by atoms with Gasteiger partial charge in [0.25, 0.3) is 0 Å². The van der Waals surface area contributed by atoms with Crippen LogP contribution < -0.4 is 0 Å². The van der Waals surface area contributed by atoms with Crippen LogP contribution in [-0.2, 0) is 18.8 Å². The number of hydrogen-bond acceptors (Lipinski definition) is 5. The molecule has 0 aliphatic carbocycles. The van der Waals surface area contributed by atoms with Crippen molar-refractivity contribution in [3.8, 4) is 0 Å².